The Balaban J connectivity index is 1.04. The fourth-order valence-electron chi connectivity index (χ4n) is 8.37. The quantitative estimate of drug-likeness (QED) is 0.139. The molecule has 0 unspecified atom stereocenters. The van der Waals surface area contributed by atoms with Crippen molar-refractivity contribution in [3.63, 3.8) is 0 Å². The number of fused-ring (bicyclic) bond motifs is 8. The molecule has 10 aromatic rings. The van der Waals surface area contributed by atoms with E-state index in [-0.39, 0.29) is 0 Å². The summed E-state index contributed by atoms with van der Waals surface area (Å²) in [5, 5.41) is 12.7. The van der Waals surface area contributed by atoms with Gasteiger partial charge in [-0.25, -0.2) is 0 Å². The Bertz CT molecular complexity index is 3000. The molecule has 52 heavy (non-hydrogen) atoms. The van der Waals surface area contributed by atoms with Gasteiger partial charge in [-0.15, -0.1) is 12.6 Å². The normalized spacial score (nSPS) is 11.7. The van der Waals surface area contributed by atoms with Gasteiger partial charge in [-0.1, -0.05) is 164 Å². The van der Waals surface area contributed by atoms with Gasteiger partial charge in [0.1, 0.15) is 0 Å². The van der Waals surface area contributed by atoms with E-state index in [4.69, 9.17) is 12.6 Å². The Morgan fingerprint density at radius 1 is 0.288 bits per heavy atom. The van der Waals surface area contributed by atoms with Gasteiger partial charge in [0, 0.05) is 4.90 Å². The fraction of sp³-hybridized carbons (Fsp3) is 0.0196. The number of hydrogen-bond acceptors (Lipinski definition) is 1. The van der Waals surface area contributed by atoms with Crippen molar-refractivity contribution in [3.8, 4) is 44.5 Å². The second kappa shape index (κ2) is 12.3. The standard InChI is InChI=1S/C51H34S/c1-32-39(38-27-28-48-46-16-5-4-14-44(46)45-15-6-7-17-47(45)50(48)31-38)18-9-19-40(32)49-22-10-21-43(51(49)52)37-26-24-34-29-36(25-23-35(34)30-37)42-20-8-12-33-11-2-3-13-41(33)42/h2-31,52H,1H3. The predicted molar refractivity (Wildman–Crippen MR) is 228 cm³/mol. The summed E-state index contributed by atoms with van der Waals surface area (Å²) in [7, 11) is 0. The number of thiol groups is 1. The van der Waals surface area contributed by atoms with Crippen molar-refractivity contribution in [1.82, 2.24) is 0 Å². The summed E-state index contributed by atoms with van der Waals surface area (Å²) in [4.78, 5) is 0.991. The lowest BCUT2D eigenvalue weighted by atomic mass is 9.88. The molecule has 0 amide bonds. The molecule has 0 atom stereocenters. The van der Waals surface area contributed by atoms with E-state index in [9.17, 15) is 0 Å². The van der Waals surface area contributed by atoms with Crippen LogP contribution in [0.2, 0.25) is 0 Å². The van der Waals surface area contributed by atoms with Gasteiger partial charge in [-0.3, -0.25) is 0 Å². The molecule has 0 heterocycles. The van der Waals surface area contributed by atoms with Gasteiger partial charge in [0.2, 0.25) is 0 Å². The van der Waals surface area contributed by atoms with Crippen LogP contribution in [0, 0.1) is 6.92 Å². The van der Waals surface area contributed by atoms with Crippen LogP contribution in [0.5, 0.6) is 0 Å². The van der Waals surface area contributed by atoms with Crippen LogP contribution in [0.1, 0.15) is 5.56 Å². The largest absolute Gasteiger partial charge is 0.142 e. The summed E-state index contributed by atoms with van der Waals surface area (Å²) in [6, 6.07) is 66.5. The molecule has 0 aromatic heterocycles. The lowest BCUT2D eigenvalue weighted by Gasteiger charge is -2.17. The number of hydrogen-bond donors (Lipinski definition) is 1. The van der Waals surface area contributed by atoms with Gasteiger partial charge in [0.05, 0.1) is 0 Å². The zero-order valence-electron chi connectivity index (χ0n) is 28.8. The van der Waals surface area contributed by atoms with Crippen LogP contribution in [-0.2, 0) is 0 Å². The third-order valence-electron chi connectivity index (χ3n) is 11.0. The van der Waals surface area contributed by atoms with Crippen LogP contribution < -0.4 is 0 Å². The fourth-order valence-corrected chi connectivity index (χ4v) is 8.77. The first-order chi connectivity index (χ1) is 25.6. The summed E-state index contributed by atoms with van der Waals surface area (Å²) in [6.07, 6.45) is 0. The van der Waals surface area contributed by atoms with E-state index in [1.807, 2.05) is 0 Å². The van der Waals surface area contributed by atoms with Gasteiger partial charge in [-0.05, 0) is 129 Å². The molecule has 0 aliphatic rings. The molecule has 10 aromatic carbocycles. The molecule has 0 saturated heterocycles. The van der Waals surface area contributed by atoms with Gasteiger partial charge < -0.3 is 0 Å². The van der Waals surface area contributed by atoms with Crippen LogP contribution in [0.15, 0.2) is 187 Å². The SMILES string of the molecule is Cc1c(-c2ccc3c4ccccc4c4ccccc4c3c2)cccc1-c1cccc(-c2ccc3cc(-c4cccc5ccccc45)ccc3c2)c1S. The second-order valence-corrected chi connectivity index (χ2v) is 14.3. The Morgan fingerprint density at radius 2 is 0.731 bits per heavy atom. The van der Waals surface area contributed by atoms with Crippen LogP contribution in [0.3, 0.4) is 0 Å². The highest BCUT2D eigenvalue weighted by molar-refractivity contribution is 7.80. The minimum atomic E-state index is 0.991. The molecule has 0 aliphatic heterocycles. The molecule has 0 saturated carbocycles. The first-order valence-corrected chi connectivity index (χ1v) is 18.3. The summed E-state index contributed by atoms with van der Waals surface area (Å²) in [5.41, 5.74) is 10.9. The summed E-state index contributed by atoms with van der Waals surface area (Å²) in [5.74, 6) is 0. The molecular weight excluding hydrogens is 645 g/mol. The predicted octanol–water partition coefficient (Wildman–Crippen LogP) is 14.7. The summed E-state index contributed by atoms with van der Waals surface area (Å²) < 4.78 is 0. The molecule has 0 fully saturated rings. The molecule has 0 N–H and O–H groups in total. The van der Waals surface area contributed by atoms with Crippen LogP contribution >= 0.6 is 12.6 Å². The summed E-state index contributed by atoms with van der Waals surface area (Å²) in [6.45, 7) is 2.25. The third-order valence-corrected chi connectivity index (χ3v) is 11.4. The smallest absolute Gasteiger partial charge is 0.0197 e. The average molecular weight is 679 g/mol. The topological polar surface area (TPSA) is 0 Å². The van der Waals surface area contributed by atoms with E-state index >= 15 is 0 Å². The molecule has 10 rings (SSSR count). The maximum Gasteiger partial charge on any atom is 0.0197 e. The summed E-state index contributed by atoms with van der Waals surface area (Å²) >= 11 is 5.22. The van der Waals surface area contributed by atoms with E-state index < -0.39 is 0 Å². The maximum absolute atomic E-state index is 5.22. The Kier molecular flexibility index (Phi) is 7.23. The molecular formula is C51H34S. The number of rotatable bonds is 4. The van der Waals surface area contributed by atoms with Crippen molar-refractivity contribution in [2.24, 2.45) is 0 Å². The first kappa shape index (κ1) is 30.7. The van der Waals surface area contributed by atoms with E-state index in [0.29, 0.717) is 0 Å². The van der Waals surface area contributed by atoms with Gasteiger partial charge >= 0.3 is 0 Å². The molecule has 0 spiro atoms. The maximum atomic E-state index is 5.22. The average Bonchev–Trinajstić information content (AvgIpc) is 3.20. The second-order valence-electron chi connectivity index (χ2n) is 13.8. The van der Waals surface area contributed by atoms with Crippen molar-refractivity contribution in [1.29, 1.82) is 0 Å². The van der Waals surface area contributed by atoms with E-state index in [1.165, 1.54) is 92.8 Å². The van der Waals surface area contributed by atoms with Crippen molar-refractivity contribution >= 4 is 66.5 Å². The van der Waals surface area contributed by atoms with Gasteiger partial charge in [0.15, 0.2) is 0 Å². The first-order valence-electron chi connectivity index (χ1n) is 17.9. The van der Waals surface area contributed by atoms with E-state index in [2.05, 4.69) is 189 Å². The Hall–Kier alpha value is -6.15. The molecule has 0 aliphatic carbocycles. The van der Waals surface area contributed by atoms with Crippen molar-refractivity contribution in [3.05, 3.63) is 188 Å². The Labute approximate surface area is 309 Å². The minimum absolute atomic E-state index is 0.991. The molecule has 244 valence electrons. The lowest BCUT2D eigenvalue weighted by Crippen LogP contribution is -1.92. The Morgan fingerprint density at radius 3 is 1.42 bits per heavy atom. The number of benzene rings is 10. The third kappa shape index (κ3) is 4.93. The molecule has 0 nitrogen and oxygen atoms in total. The molecule has 0 radical (unpaired) electrons. The van der Waals surface area contributed by atoms with Crippen LogP contribution in [0.25, 0.3) is 98.4 Å². The highest BCUT2D eigenvalue weighted by Gasteiger charge is 2.16. The van der Waals surface area contributed by atoms with Crippen molar-refractivity contribution in [2.75, 3.05) is 0 Å². The van der Waals surface area contributed by atoms with Crippen LogP contribution in [-0.4, -0.2) is 0 Å². The molecule has 0 bridgehead atoms. The van der Waals surface area contributed by atoms with Gasteiger partial charge in [-0.2, -0.15) is 0 Å². The van der Waals surface area contributed by atoms with Crippen molar-refractivity contribution in [2.45, 2.75) is 11.8 Å². The van der Waals surface area contributed by atoms with Crippen LogP contribution in [0.4, 0.5) is 0 Å². The monoisotopic (exact) mass is 678 g/mol. The minimum Gasteiger partial charge on any atom is -0.142 e. The zero-order chi connectivity index (χ0) is 34.8. The zero-order valence-corrected chi connectivity index (χ0v) is 29.7. The highest BCUT2D eigenvalue weighted by Crippen LogP contribution is 2.42. The van der Waals surface area contributed by atoms with Gasteiger partial charge in [0.25, 0.3) is 0 Å². The highest BCUT2D eigenvalue weighted by atomic mass is 32.1. The lowest BCUT2D eigenvalue weighted by molar-refractivity contribution is 1.39. The molecule has 1 heteroatoms. The van der Waals surface area contributed by atoms with E-state index in [1.54, 1.807) is 0 Å². The van der Waals surface area contributed by atoms with Crippen molar-refractivity contribution < 1.29 is 0 Å². The van der Waals surface area contributed by atoms with E-state index in [0.717, 1.165) is 16.0 Å².